The minimum atomic E-state index is 0.381. The quantitative estimate of drug-likeness (QED) is 0.876. The van der Waals surface area contributed by atoms with Gasteiger partial charge in [-0.1, -0.05) is 25.8 Å². The van der Waals surface area contributed by atoms with Crippen molar-refractivity contribution in [3.05, 3.63) is 29.3 Å². The van der Waals surface area contributed by atoms with Crippen LogP contribution < -0.4 is 10.6 Å². The summed E-state index contributed by atoms with van der Waals surface area (Å²) in [4.78, 5) is 2.40. The van der Waals surface area contributed by atoms with E-state index in [1.54, 1.807) is 0 Å². The molecule has 1 aromatic rings. The van der Waals surface area contributed by atoms with Gasteiger partial charge >= 0.3 is 0 Å². The lowest BCUT2D eigenvalue weighted by Crippen LogP contribution is -2.42. The first kappa shape index (κ1) is 16.4. The van der Waals surface area contributed by atoms with E-state index in [0.29, 0.717) is 12.0 Å². The summed E-state index contributed by atoms with van der Waals surface area (Å²) in [6.07, 6.45) is 6.52. The second kappa shape index (κ2) is 7.31. The molecule has 2 rings (SSSR count). The summed E-state index contributed by atoms with van der Waals surface area (Å²) in [5, 5.41) is 0. The summed E-state index contributed by atoms with van der Waals surface area (Å²) < 4.78 is 0. The fourth-order valence-corrected chi connectivity index (χ4v) is 3.89. The predicted octanol–water partition coefficient (Wildman–Crippen LogP) is 4.28. The van der Waals surface area contributed by atoms with Crippen molar-refractivity contribution in [2.45, 2.75) is 58.9 Å². The van der Waals surface area contributed by atoms with E-state index in [1.807, 2.05) is 0 Å². The number of nitrogens with zero attached hydrogens (tertiary/aromatic N) is 1. The Labute approximate surface area is 130 Å². The van der Waals surface area contributed by atoms with E-state index in [9.17, 15) is 0 Å². The molecule has 3 unspecified atom stereocenters. The van der Waals surface area contributed by atoms with Crippen molar-refractivity contribution in [1.82, 2.24) is 0 Å². The van der Waals surface area contributed by atoms with Crippen LogP contribution in [-0.2, 0) is 0 Å². The van der Waals surface area contributed by atoms with Crippen molar-refractivity contribution >= 4 is 5.69 Å². The fourth-order valence-electron chi connectivity index (χ4n) is 3.89. The van der Waals surface area contributed by atoms with Crippen LogP contribution in [0.1, 0.15) is 50.2 Å². The van der Waals surface area contributed by atoms with E-state index in [-0.39, 0.29) is 0 Å². The molecule has 1 aromatic carbocycles. The average Bonchev–Trinajstić information content (AvgIpc) is 2.41. The Bertz CT molecular complexity index is 435. The normalized spacial score (nSPS) is 25.9. The molecule has 1 aliphatic carbocycles. The van der Waals surface area contributed by atoms with E-state index in [2.05, 4.69) is 50.9 Å². The fraction of sp³-hybridized carbons (Fsp3) is 0.684. The van der Waals surface area contributed by atoms with Gasteiger partial charge in [0.15, 0.2) is 0 Å². The molecule has 0 spiro atoms. The Morgan fingerprint density at radius 1 is 1.14 bits per heavy atom. The molecular formula is C19H32N2. The van der Waals surface area contributed by atoms with Crippen LogP contribution >= 0.6 is 0 Å². The summed E-state index contributed by atoms with van der Waals surface area (Å²) in [6, 6.07) is 7.18. The van der Waals surface area contributed by atoms with Gasteiger partial charge in [0.25, 0.3) is 0 Å². The number of hydrogen-bond acceptors (Lipinski definition) is 2. The standard InChI is InChI=1S/C19H32N2/c1-5-6-16-7-8-19(20)17(12-16)13-21(4)18-10-14(2)9-15(3)11-18/h9-11,16-17,19H,5-8,12-13,20H2,1-4H3. The van der Waals surface area contributed by atoms with Crippen LogP contribution in [0.2, 0.25) is 0 Å². The minimum absolute atomic E-state index is 0.381. The number of rotatable bonds is 5. The number of anilines is 1. The Morgan fingerprint density at radius 2 is 1.81 bits per heavy atom. The lowest BCUT2D eigenvalue weighted by atomic mass is 9.76. The van der Waals surface area contributed by atoms with Crippen molar-refractivity contribution in [3.63, 3.8) is 0 Å². The van der Waals surface area contributed by atoms with Crippen LogP contribution in [0.4, 0.5) is 5.69 Å². The molecule has 21 heavy (non-hydrogen) atoms. The van der Waals surface area contributed by atoms with Gasteiger partial charge in [-0.15, -0.1) is 0 Å². The topological polar surface area (TPSA) is 29.3 Å². The molecule has 118 valence electrons. The average molecular weight is 288 g/mol. The van der Waals surface area contributed by atoms with Gasteiger partial charge in [0.2, 0.25) is 0 Å². The number of aryl methyl sites for hydroxylation is 2. The lowest BCUT2D eigenvalue weighted by molar-refractivity contribution is 0.226. The highest BCUT2D eigenvalue weighted by Gasteiger charge is 2.28. The van der Waals surface area contributed by atoms with E-state index in [4.69, 9.17) is 5.73 Å². The predicted molar refractivity (Wildman–Crippen MR) is 92.9 cm³/mol. The molecule has 2 nitrogen and oxygen atoms in total. The molecule has 0 aliphatic heterocycles. The van der Waals surface area contributed by atoms with Crippen LogP contribution in [0.15, 0.2) is 18.2 Å². The van der Waals surface area contributed by atoms with Gasteiger partial charge in [-0.05, 0) is 68.2 Å². The maximum Gasteiger partial charge on any atom is 0.0369 e. The molecule has 0 radical (unpaired) electrons. The van der Waals surface area contributed by atoms with E-state index >= 15 is 0 Å². The highest BCUT2D eigenvalue weighted by molar-refractivity contribution is 5.50. The zero-order chi connectivity index (χ0) is 15.4. The Kier molecular flexibility index (Phi) is 5.69. The molecule has 0 aromatic heterocycles. The molecule has 0 heterocycles. The first-order valence-electron chi connectivity index (χ1n) is 8.54. The summed E-state index contributed by atoms with van der Waals surface area (Å²) in [7, 11) is 2.21. The molecular weight excluding hydrogens is 256 g/mol. The molecule has 2 N–H and O–H groups in total. The summed E-state index contributed by atoms with van der Waals surface area (Å²) >= 11 is 0. The Hall–Kier alpha value is -1.02. The van der Waals surface area contributed by atoms with Crippen molar-refractivity contribution in [1.29, 1.82) is 0 Å². The molecule has 3 atom stereocenters. The van der Waals surface area contributed by atoms with Gasteiger partial charge in [0, 0.05) is 25.3 Å². The van der Waals surface area contributed by atoms with Crippen molar-refractivity contribution in [2.75, 3.05) is 18.5 Å². The van der Waals surface area contributed by atoms with Gasteiger partial charge in [0.1, 0.15) is 0 Å². The van der Waals surface area contributed by atoms with E-state index in [0.717, 1.165) is 12.5 Å². The molecule has 1 saturated carbocycles. The van der Waals surface area contributed by atoms with Crippen LogP contribution in [0.3, 0.4) is 0 Å². The highest BCUT2D eigenvalue weighted by atomic mass is 15.1. The summed E-state index contributed by atoms with van der Waals surface area (Å²) in [6.45, 7) is 7.73. The first-order valence-corrected chi connectivity index (χ1v) is 8.54. The second-order valence-corrected chi connectivity index (χ2v) is 7.12. The Balaban J connectivity index is 2.01. The van der Waals surface area contributed by atoms with Crippen LogP contribution in [0.5, 0.6) is 0 Å². The van der Waals surface area contributed by atoms with Gasteiger partial charge in [-0.3, -0.25) is 0 Å². The van der Waals surface area contributed by atoms with Crippen molar-refractivity contribution < 1.29 is 0 Å². The van der Waals surface area contributed by atoms with Gasteiger partial charge < -0.3 is 10.6 Å². The maximum absolute atomic E-state index is 6.40. The van der Waals surface area contributed by atoms with Gasteiger partial charge in [0.05, 0.1) is 0 Å². The molecule has 0 saturated heterocycles. The zero-order valence-electron chi connectivity index (χ0n) is 14.2. The van der Waals surface area contributed by atoms with Gasteiger partial charge in [-0.2, -0.15) is 0 Å². The third kappa shape index (κ3) is 4.47. The SMILES string of the molecule is CCCC1CCC(N)C(CN(C)c2cc(C)cc(C)c2)C1. The molecule has 2 heteroatoms. The van der Waals surface area contributed by atoms with Crippen LogP contribution in [0, 0.1) is 25.7 Å². The monoisotopic (exact) mass is 288 g/mol. The maximum atomic E-state index is 6.40. The molecule has 1 fully saturated rings. The van der Waals surface area contributed by atoms with Crippen molar-refractivity contribution in [3.8, 4) is 0 Å². The van der Waals surface area contributed by atoms with Crippen molar-refractivity contribution in [2.24, 2.45) is 17.6 Å². The lowest BCUT2D eigenvalue weighted by Gasteiger charge is -2.37. The molecule has 0 amide bonds. The Morgan fingerprint density at radius 3 is 2.43 bits per heavy atom. The summed E-state index contributed by atoms with van der Waals surface area (Å²) in [5.41, 5.74) is 10.4. The zero-order valence-corrected chi connectivity index (χ0v) is 14.2. The number of hydrogen-bond donors (Lipinski definition) is 1. The largest absolute Gasteiger partial charge is 0.374 e. The van der Waals surface area contributed by atoms with Gasteiger partial charge in [-0.25, -0.2) is 0 Å². The number of nitrogens with two attached hydrogens (primary N) is 1. The first-order chi connectivity index (χ1) is 9.99. The van der Waals surface area contributed by atoms with E-state index < -0.39 is 0 Å². The van der Waals surface area contributed by atoms with Crippen LogP contribution in [0.25, 0.3) is 0 Å². The van der Waals surface area contributed by atoms with Crippen LogP contribution in [-0.4, -0.2) is 19.6 Å². The smallest absolute Gasteiger partial charge is 0.0369 e. The minimum Gasteiger partial charge on any atom is -0.374 e. The second-order valence-electron chi connectivity index (χ2n) is 7.12. The molecule has 0 bridgehead atoms. The highest BCUT2D eigenvalue weighted by Crippen LogP contribution is 2.32. The third-order valence-electron chi connectivity index (χ3n) is 5.00. The third-order valence-corrected chi connectivity index (χ3v) is 5.00. The summed E-state index contributed by atoms with van der Waals surface area (Å²) in [5.74, 6) is 1.54. The number of benzene rings is 1. The van der Waals surface area contributed by atoms with E-state index in [1.165, 1.54) is 48.9 Å². The molecule has 1 aliphatic rings.